The average Bonchev–Trinajstić information content (AvgIpc) is 2.03. The SMILES string of the molecule is Nc1ccc(C(F)(F)F)nc1C=O. The predicted molar refractivity (Wildman–Crippen MR) is 39.0 cm³/mol. The number of hydrogen-bond acceptors (Lipinski definition) is 3. The first kappa shape index (κ1) is 9.50. The molecule has 0 radical (unpaired) electrons. The normalized spacial score (nSPS) is 11.3. The van der Waals surface area contributed by atoms with Gasteiger partial charge in [0, 0.05) is 0 Å². The summed E-state index contributed by atoms with van der Waals surface area (Å²) in [4.78, 5) is 13.2. The van der Waals surface area contributed by atoms with Crippen molar-refractivity contribution in [3.05, 3.63) is 23.5 Å². The van der Waals surface area contributed by atoms with Crippen LogP contribution in [-0.4, -0.2) is 11.3 Å². The average molecular weight is 190 g/mol. The molecule has 0 spiro atoms. The molecule has 13 heavy (non-hydrogen) atoms. The van der Waals surface area contributed by atoms with Gasteiger partial charge in [-0.1, -0.05) is 0 Å². The lowest BCUT2D eigenvalue weighted by atomic mass is 10.2. The lowest BCUT2D eigenvalue weighted by Gasteiger charge is -2.06. The zero-order chi connectivity index (χ0) is 10.1. The molecule has 0 unspecified atom stereocenters. The monoisotopic (exact) mass is 190 g/mol. The molecule has 1 rings (SSSR count). The molecule has 0 saturated heterocycles. The number of carbonyl (C=O) groups excluding carboxylic acids is 1. The number of nitrogens with two attached hydrogens (primary N) is 1. The van der Waals surface area contributed by atoms with Crippen molar-refractivity contribution in [3.8, 4) is 0 Å². The minimum Gasteiger partial charge on any atom is -0.397 e. The number of carbonyl (C=O) groups is 1. The molecule has 1 heterocycles. The minimum absolute atomic E-state index is 0.0667. The van der Waals surface area contributed by atoms with E-state index in [1.165, 1.54) is 0 Å². The van der Waals surface area contributed by atoms with Crippen LogP contribution < -0.4 is 5.73 Å². The number of aldehydes is 1. The number of aromatic nitrogens is 1. The predicted octanol–water partition coefficient (Wildman–Crippen LogP) is 1.50. The van der Waals surface area contributed by atoms with Crippen molar-refractivity contribution in [2.45, 2.75) is 6.18 Å². The topological polar surface area (TPSA) is 56.0 Å². The molecule has 0 bridgehead atoms. The molecule has 0 aliphatic heterocycles. The van der Waals surface area contributed by atoms with Gasteiger partial charge in [-0.25, -0.2) is 4.98 Å². The summed E-state index contributed by atoms with van der Waals surface area (Å²) < 4.78 is 36.1. The summed E-state index contributed by atoms with van der Waals surface area (Å²) >= 11 is 0. The van der Waals surface area contributed by atoms with Crippen molar-refractivity contribution in [2.24, 2.45) is 0 Å². The van der Waals surface area contributed by atoms with E-state index in [4.69, 9.17) is 5.73 Å². The summed E-state index contributed by atoms with van der Waals surface area (Å²) in [6.45, 7) is 0. The Bertz CT molecular complexity index is 335. The van der Waals surface area contributed by atoms with Crippen molar-refractivity contribution in [1.82, 2.24) is 4.98 Å². The van der Waals surface area contributed by atoms with Crippen molar-refractivity contribution < 1.29 is 18.0 Å². The molecule has 2 N–H and O–H groups in total. The molecular formula is C7H5F3N2O. The van der Waals surface area contributed by atoms with Crippen LogP contribution in [0.4, 0.5) is 18.9 Å². The summed E-state index contributed by atoms with van der Waals surface area (Å²) in [6.07, 6.45) is -4.37. The van der Waals surface area contributed by atoms with Crippen LogP contribution in [0.1, 0.15) is 16.2 Å². The summed E-state index contributed by atoms with van der Waals surface area (Å²) in [5, 5.41) is 0. The second-order valence-electron chi connectivity index (χ2n) is 2.29. The maximum absolute atomic E-state index is 12.0. The van der Waals surface area contributed by atoms with Gasteiger partial charge in [-0.2, -0.15) is 13.2 Å². The largest absolute Gasteiger partial charge is 0.433 e. The lowest BCUT2D eigenvalue weighted by Crippen LogP contribution is -2.10. The third kappa shape index (κ3) is 1.95. The highest BCUT2D eigenvalue weighted by molar-refractivity contribution is 5.80. The van der Waals surface area contributed by atoms with Gasteiger partial charge in [0.1, 0.15) is 11.4 Å². The molecule has 70 valence electrons. The highest BCUT2D eigenvalue weighted by Crippen LogP contribution is 2.28. The molecule has 0 aliphatic rings. The molecular weight excluding hydrogens is 185 g/mol. The molecule has 0 fully saturated rings. The van der Waals surface area contributed by atoms with Crippen LogP contribution in [-0.2, 0) is 6.18 Å². The first-order valence-corrected chi connectivity index (χ1v) is 3.24. The van der Waals surface area contributed by atoms with E-state index in [9.17, 15) is 18.0 Å². The Kier molecular flexibility index (Phi) is 2.22. The number of alkyl halides is 3. The highest BCUT2D eigenvalue weighted by Gasteiger charge is 2.32. The van der Waals surface area contributed by atoms with Gasteiger partial charge in [0.2, 0.25) is 0 Å². The number of nitrogen functional groups attached to an aromatic ring is 1. The Balaban J connectivity index is 3.21. The van der Waals surface area contributed by atoms with E-state index in [-0.39, 0.29) is 12.0 Å². The van der Waals surface area contributed by atoms with Gasteiger partial charge < -0.3 is 5.73 Å². The minimum atomic E-state index is -4.55. The maximum Gasteiger partial charge on any atom is 0.433 e. The third-order valence-electron chi connectivity index (χ3n) is 1.36. The first-order valence-electron chi connectivity index (χ1n) is 3.24. The van der Waals surface area contributed by atoms with Gasteiger partial charge in [0.05, 0.1) is 5.69 Å². The van der Waals surface area contributed by atoms with E-state index in [2.05, 4.69) is 4.98 Å². The Morgan fingerprint density at radius 2 is 2.00 bits per heavy atom. The molecule has 1 aromatic rings. The molecule has 0 saturated carbocycles. The van der Waals surface area contributed by atoms with E-state index < -0.39 is 17.6 Å². The van der Waals surface area contributed by atoms with Crippen molar-refractivity contribution in [3.63, 3.8) is 0 Å². The molecule has 0 amide bonds. The Morgan fingerprint density at radius 1 is 1.38 bits per heavy atom. The highest BCUT2D eigenvalue weighted by atomic mass is 19.4. The van der Waals surface area contributed by atoms with E-state index in [0.29, 0.717) is 0 Å². The number of rotatable bonds is 1. The zero-order valence-corrected chi connectivity index (χ0v) is 6.30. The van der Waals surface area contributed by atoms with Crippen LogP contribution in [0.15, 0.2) is 12.1 Å². The van der Waals surface area contributed by atoms with Crippen LogP contribution >= 0.6 is 0 Å². The number of halogens is 3. The zero-order valence-electron chi connectivity index (χ0n) is 6.30. The summed E-state index contributed by atoms with van der Waals surface area (Å²) in [7, 11) is 0. The van der Waals surface area contributed by atoms with E-state index in [1.807, 2.05) is 0 Å². The Morgan fingerprint density at radius 3 is 2.46 bits per heavy atom. The fourth-order valence-corrected chi connectivity index (χ4v) is 0.738. The number of anilines is 1. The van der Waals surface area contributed by atoms with E-state index in [1.54, 1.807) is 0 Å². The van der Waals surface area contributed by atoms with E-state index in [0.717, 1.165) is 12.1 Å². The second-order valence-corrected chi connectivity index (χ2v) is 2.29. The van der Waals surface area contributed by atoms with Gasteiger partial charge in [-0.3, -0.25) is 4.79 Å². The van der Waals surface area contributed by atoms with Gasteiger partial charge in [-0.15, -0.1) is 0 Å². The summed E-state index contributed by atoms with van der Waals surface area (Å²) in [6, 6.07) is 1.72. The number of pyridine rings is 1. The lowest BCUT2D eigenvalue weighted by molar-refractivity contribution is -0.141. The second kappa shape index (κ2) is 3.04. The fraction of sp³-hybridized carbons (Fsp3) is 0.143. The molecule has 6 heteroatoms. The molecule has 1 aromatic heterocycles. The van der Waals surface area contributed by atoms with Gasteiger partial charge >= 0.3 is 6.18 Å². The van der Waals surface area contributed by atoms with Crippen LogP contribution in [0.2, 0.25) is 0 Å². The van der Waals surface area contributed by atoms with Gasteiger partial charge in [0.25, 0.3) is 0 Å². The van der Waals surface area contributed by atoms with Crippen LogP contribution in [0.3, 0.4) is 0 Å². The Labute approximate surface area is 71.4 Å². The third-order valence-corrected chi connectivity index (χ3v) is 1.36. The molecule has 0 atom stereocenters. The van der Waals surface area contributed by atoms with Crippen molar-refractivity contribution in [1.29, 1.82) is 0 Å². The van der Waals surface area contributed by atoms with Crippen LogP contribution in [0.25, 0.3) is 0 Å². The molecule has 3 nitrogen and oxygen atoms in total. The van der Waals surface area contributed by atoms with Gasteiger partial charge in [-0.05, 0) is 12.1 Å². The standard InChI is InChI=1S/C7H5F3N2O/c8-7(9,10)6-2-1-4(11)5(3-13)12-6/h1-3H,11H2. The molecule has 0 aliphatic carbocycles. The van der Waals surface area contributed by atoms with Crippen molar-refractivity contribution in [2.75, 3.05) is 5.73 Å². The summed E-state index contributed by atoms with van der Waals surface area (Å²) in [5.74, 6) is 0. The summed E-state index contributed by atoms with van der Waals surface area (Å²) in [5.41, 5.74) is 3.60. The Hall–Kier alpha value is -1.59. The smallest absolute Gasteiger partial charge is 0.397 e. The van der Waals surface area contributed by atoms with Crippen LogP contribution in [0, 0.1) is 0 Å². The maximum atomic E-state index is 12.0. The van der Waals surface area contributed by atoms with Gasteiger partial charge in [0.15, 0.2) is 6.29 Å². The quantitative estimate of drug-likeness (QED) is 0.682. The van der Waals surface area contributed by atoms with Crippen LogP contribution in [0.5, 0.6) is 0 Å². The fourth-order valence-electron chi connectivity index (χ4n) is 0.738. The van der Waals surface area contributed by atoms with Crippen molar-refractivity contribution >= 4 is 12.0 Å². The number of hydrogen-bond donors (Lipinski definition) is 1. The molecule has 0 aromatic carbocycles. The van der Waals surface area contributed by atoms with E-state index >= 15 is 0 Å². The number of nitrogens with zero attached hydrogens (tertiary/aromatic N) is 1. The first-order chi connectivity index (χ1) is 5.95.